The summed E-state index contributed by atoms with van der Waals surface area (Å²) in [6.07, 6.45) is 2.60. The van der Waals surface area contributed by atoms with Gasteiger partial charge < -0.3 is 24.7 Å². The Morgan fingerprint density at radius 2 is 1.65 bits per heavy atom. The Labute approximate surface area is 180 Å². The number of nitrogens with zero attached hydrogens (tertiary/aromatic N) is 1. The summed E-state index contributed by atoms with van der Waals surface area (Å²) < 4.78 is 23.5. The number of primary amides is 1. The number of ether oxygens (including phenoxy) is 4. The van der Waals surface area contributed by atoms with Crippen LogP contribution in [0.15, 0.2) is 24.5 Å². The van der Waals surface area contributed by atoms with Crippen molar-refractivity contribution in [3.63, 3.8) is 0 Å². The van der Waals surface area contributed by atoms with Gasteiger partial charge in [0.1, 0.15) is 24.8 Å². The number of amides is 1. The molecule has 1 unspecified atom stereocenters. The van der Waals surface area contributed by atoms with Crippen molar-refractivity contribution < 1.29 is 42.7 Å². The van der Waals surface area contributed by atoms with Gasteiger partial charge in [-0.05, 0) is 18.9 Å². The maximum atomic E-state index is 11.6. The molecule has 0 spiro atoms. The molecule has 0 aromatic carbocycles. The van der Waals surface area contributed by atoms with Crippen molar-refractivity contribution in [3.05, 3.63) is 30.1 Å². The molecule has 1 saturated heterocycles. The normalized spacial score (nSPS) is 22.5. The minimum atomic E-state index is -0.868. The van der Waals surface area contributed by atoms with Gasteiger partial charge in [-0.1, -0.05) is 0 Å². The maximum Gasteiger partial charge on any atom is 0.303 e. The summed E-state index contributed by atoms with van der Waals surface area (Å²) in [5.74, 6) is -2.06. The molecule has 10 nitrogen and oxygen atoms in total. The second-order valence-electron chi connectivity index (χ2n) is 7.35. The lowest BCUT2D eigenvalue weighted by atomic mass is 10.0. The van der Waals surface area contributed by atoms with Gasteiger partial charge in [0.05, 0.1) is 6.10 Å². The fourth-order valence-corrected chi connectivity index (χ4v) is 3.48. The van der Waals surface area contributed by atoms with Crippen molar-refractivity contribution >= 4 is 23.8 Å². The molecule has 2 rings (SSSR count). The van der Waals surface area contributed by atoms with Crippen molar-refractivity contribution in [2.45, 2.75) is 71.0 Å². The van der Waals surface area contributed by atoms with E-state index in [-0.39, 0.29) is 6.61 Å². The van der Waals surface area contributed by atoms with Crippen LogP contribution in [0.3, 0.4) is 0 Å². The molecule has 10 heteroatoms. The minimum absolute atomic E-state index is 0.114. The molecular formula is C21H29N2O8+. The summed E-state index contributed by atoms with van der Waals surface area (Å²) in [6, 6.07) is 3.40. The SMILES string of the molecule is CC(=O)OC[C@H]1OC(CCCC[n+]2cccc(C(N)=O)c2)[C@H](OC(C)=O)[C@@H]1OC(C)=O. The summed E-state index contributed by atoms with van der Waals surface area (Å²) in [5.41, 5.74) is 5.73. The lowest BCUT2D eigenvalue weighted by Gasteiger charge is -2.23. The van der Waals surface area contributed by atoms with Crippen LogP contribution >= 0.6 is 0 Å². The molecule has 1 aliphatic rings. The smallest absolute Gasteiger partial charge is 0.303 e. The standard InChI is InChI=1S/C21H28N2O8/c1-13(24)28-12-18-20(30-15(3)26)19(29-14(2)25)17(31-18)8-4-5-9-23-10-6-7-16(11-23)21(22)27/h6-7,10-11,17-20H,4-5,8-9,12H2,1-3H3,(H-,22,27)/p+1/t17?,18-,19+,20-/m1/s1. The lowest BCUT2D eigenvalue weighted by Crippen LogP contribution is -2.41. The van der Waals surface area contributed by atoms with E-state index in [0.717, 1.165) is 6.42 Å². The van der Waals surface area contributed by atoms with Crippen LogP contribution in [0.25, 0.3) is 0 Å². The number of aromatic nitrogens is 1. The predicted octanol–water partition coefficient (Wildman–Crippen LogP) is 0.437. The fourth-order valence-electron chi connectivity index (χ4n) is 3.48. The van der Waals surface area contributed by atoms with Crippen molar-refractivity contribution in [1.29, 1.82) is 0 Å². The molecule has 4 atom stereocenters. The highest BCUT2D eigenvalue weighted by molar-refractivity contribution is 5.92. The minimum Gasteiger partial charge on any atom is -0.463 e. The average molecular weight is 437 g/mol. The van der Waals surface area contributed by atoms with Gasteiger partial charge in [-0.3, -0.25) is 19.2 Å². The maximum absolute atomic E-state index is 11.6. The Balaban J connectivity index is 1.99. The number of pyridine rings is 1. The van der Waals surface area contributed by atoms with Crippen LogP contribution in [-0.2, 0) is 39.9 Å². The van der Waals surface area contributed by atoms with Gasteiger partial charge in [-0.25, -0.2) is 4.57 Å². The third-order valence-corrected chi connectivity index (χ3v) is 4.76. The molecule has 0 saturated carbocycles. The van der Waals surface area contributed by atoms with E-state index in [4.69, 9.17) is 24.7 Å². The van der Waals surface area contributed by atoms with Gasteiger partial charge in [0.2, 0.25) is 0 Å². The number of unbranched alkanes of at least 4 members (excludes halogenated alkanes) is 1. The molecule has 170 valence electrons. The first-order valence-corrected chi connectivity index (χ1v) is 10.1. The first kappa shape index (κ1) is 24.3. The Hall–Kier alpha value is -3.01. The Morgan fingerprint density at radius 3 is 2.23 bits per heavy atom. The summed E-state index contributed by atoms with van der Waals surface area (Å²) in [6.45, 7) is 4.32. The molecule has 2 N–H and O–H groups in total. The average Bonchev–Trinajstić information content (AvgIpc) is 2.99. The largest absolute Gasteiger partial charge is 0.463 e. The highest BCUT2D eigenvalue weighted by Gasteiger charge is 2.49. The molecule has 0 aliphatic carbocycles. The van der Waals surface area contributed by atoms with Crippen LogP contribution < -0.4 is 10.3 Å². The summed E-state index contributed by atoms with van der Waals surface area (Å²) >= 11 is 0. The van der Waals surface area contributed by atoms with Gasteiger partial charge in [0, 0.05) is 33.3 Å². The molecule has 31 heavy (non-hydrogen) atoms. The van der Waals surface area contributed by atoms with Crippen LogP contribution in [0.4, 0.5) is 0 Å². The first-order valence-electron chi connectivity index (χ1n) is 10.1. The molecule has 1 amide bonds. The first-order chi connectivity index (χ1) is 14.7. The Morgan fingerprint density at radius 1 is 1.00 bits per heavy atom. The summed E-state index contributed by atoms with van der Waals surface area (Å²) in [7, 11) is 0. The van der Waals surface area contributed by atoms with E-state index >= 15 is 0 Å². The van der Waals surface area contributed by atoms with E-state index in [2.05, 4.69) is 0 Å². The van der Waals surface area contributed by atoms with Crippen LogP contribution in [0.2, 0.25) is 0 Å². The number of rotatable bonds is 10. The number of aryl methyl sites for hydroxylation is 1. The third kappa shape index (κ3) is 7.63. The number of nitrogens with two attached hydrogens (primary N) is 1. The van der Waals surface area contributed by atoms with E-state index in [1.807, 2.05) is 10.8 Å². The quantitative estimate of drug-likeness (QED) is 0.241. The van der Waals surface area contributed by atoms with Gasteiger partial charge >= 0.3 is 17.9 Å². The van der Waals surface area contributed by atoms with Gasteiger partial charge in [0.15, 0.2) is 24.6 Å². The van der Waals surface area contributed by atoms with E-state index in [1.54, 1.807) is 18.3 Å². The molecule has 1 fully saturated rings. The van der Waals surface area contributed by atoms with E-state index in [0.29, 0.717) is 24.9 Å². The highest BCUT2D eigenvalue weighted by Crippen LogP contribution is 2.30. The van der Waals surface area contributed by atoms with Crippen molar-refractivity contribution in [2.75, 3.05) is 6.61 Å². The fraction of sp³-hybridized carbons (Fsp3) is 0.571. The van der Waals surface area contributed by atoms with E-state index in [1.165, 1.54) is 20.8 Å². The number of carbonyl (C=O) groups is 4. The molecule has 1 aromatic heterocycles. The summed E-state index contributed by atoms with van der Waals surface area (Å²) in [4.78, 5) is 45.6. The van der Waals surface area contributed by atoms with Crippen molar-refractivity contribution in [2.24, 2.45) is 5.73 Å². The van der Waals surface area contributed by atoms with Crippen molar-refractivity contribution in [3.8, 4) is 0 Å². The molecule has 2 heterocycles. The van der Waals surface area contributed by atoms with Gasteiger partial charge in [0.25, 0.3) is 5.91 Å². The van der Waals surface area contributed by atoms with Gasteiger partial charge in [-0.2, -0.15) is 0 Å². The zero-order chi connectivity index (χ0) is 23.0. The van der Waals surface area contributed by atoms with Crippen LogP contribution in [-0.4, -0.2) is 54.8 Å². The second kappa shape index (κ2) is 11.4. The number of hydrogen-bond acceptors (Lipinski definition) is 8. The Kier molecular flexibility index (Phi) is 8.92. The zero-order valence-corrected chi connectivity index (χ0v) is 17.9. The van der Waals surface area contributed by atoms with E-state index in [9.17, 15) is 19.2 Å². The van der Waals surface area contributed by atoms with Crippen LogP contribution in [0.5, 0.6) is 0 Å². The topological polar surface area (TPSA) is 135 Å². The van der Waals surface area contributed by atoms with Crippen LogP contribution in [0.1, 0.15) is 50.4 Å². The highest BCUT2D eigenvalue weighted by atomic mass is 16.6. The van der Waals surface area contributed by atoms with E-state index < -0.39 is 48.2 Å². The van der Waals surface area contributed by atoms with Gasteiger partial charge in [-0.15, -0.1) is 0 Å². The molecule has 1 aliphatic heterocycles. The second-order valence-corrected chi connectivity index (χ2v) is 7.35. The zero-order valence-electron chi connectivity index (χ0n) is 17.9. The molecule has 0 bridgehead atoms. The molecular weight excluding hydrogens is 408 g/mol. The Bertz CT molecular complexity index is 812. The third-order valence-electron chi connectivity index (χ3n) is 4.76. The lowest BCUT2D eigenvalue weighted by molar-refractivity contribution is -0.697. The monoisotopic (exact) mass is 437 g/mol. The summed E-state index contributed by atoms with van der Waals surface area (Å²) in [5, 5.41) is 0. The number of carbonyl (C=O) groups excluding carboxylic acids is 4. The molecule has 1 aromatic rings. The predicted molar refractivity (Wildman–Crippen MR) is 105 cm³/mol. The number of hydrogen-bond donors (Lipinski definition) is 1. The van der Waals surface area contributed by atoms with Crippen LogP contribution in [0, 0.1) is 0 Å². The van der Waals surface area contributed by atoms with Crippen molar-refractivity contribution in [1.82, 2.24) is 0 Å². The molecule has 0 radical (unpaired) electrons. The number of esters is 3.